The SMILES string of the molecule is CC(=O)OOOC(C)=O.CCCCCCCCCCCC(=O)N(CCCN(C)C)C(C)=O.CCCCCCCCCCCC(=O)N(CCCN(C)C)C(C)=O.CCCCCCCCCCCC(=O)N(CCC[N+](C)(C)C)C(C)=O.CCCCCCCCCCCC(=O)NCCCN(C)C.COS(=O)(=O)c1ccc(C)cc1.Cc1ccc(S(=O)(=O)[O-])cc1.O=CO[O-].[H-].[Na+].[Na+]. The molecule has 0 spiro atoms. The normalized spacial score (nSPS) is 10.6. The molecule has 0 unspecified atom stereocenters. The average Bonchev–Trinajstić information content (AvgIpc) is 0.794. The molecule has 0 fully saturated rings. The molecule has 0 aliphatic carbocycles. The molecule has 2 aromatic rings. The maximum absolute atomic E-state index is 12.2. The van der Waals surface area contributed by atoms with Gasteiger partial charge in [-0.3, -0.25) is 67.0 Å². The van der Waals surface area contributed by atoms with Gasteiger partial charge in [-0.1, -0.05) is 269 Å². The zero-order valence-electron chi connectivity index (χ0n) is 85.5. The fourth-order valence-electron chi connectivity index (χ4n) is 12.3. The van der Waals surface area contributed by atoms with Crippen molar-refractivity contribution in [3.05, 3.63) is 59.7 Å². The van der Waals surface area contributed by atoms with Crippen LogP contribution in [0, 0.1) is 13.8 Å². The Balaban J connectivity index is -0.000000188. The summed E-state index contributed by atoms with van der Waals surface area (Å²) < 4.78 is 58.5. The van der Waals surface area contributed by atoms with Gasteiger partial charge >= 0.3 is 71.1 Å². The molecule has 2 aromatic carbocycles. The molecule has 0 atom stereocenters. The van der Waals surface area contributed by atoms with Crippen molar-refractivity contribution in [2.75, 3.05) is 123 Å². The Kier molecular flexibility index (Phi) is 103. The van der Waals surface area contributed by atoms with E-state index in [-0.39, 0.29) is 118 Å². The summed E-state index contributed by atoms with van der Waals surface area (Å²) in [6.07, 6.45) is 51.1. The molecule has 0 saturated carbocycles. The second-order valence-electron chi connectivity index (χ2n) is 33.8. The molecular formula is C95H178N8Na2O21S2. The van der Waals surface area contributed by atoms with E-state index in [1.54, 1.807) is 24.3 Å². The third-order valence-corrected chi connectivity index (χ3v) is 21.6. The van der Waals surface area contributed by atoms with E-state index in [4.69, 9.17) is 10.1 Å². The molecule has 0 radical (unpaired) electrons. The molecule has 0 bridgehead atoms. The molecule has 29 nitrogen and oxygen atoms in total. The number of hydrogen-bond donors (Lipinski definition) is 1. The van der Waals surface area contributed by atoms with Gasteiger partial charge in [-0.25, -0.2) is 18.0 Å². The monoisotopic (exact) mass is 1880 g/mol. The van der Waals surface area contributed by atoms with Crippen LogP contribution in [0.15, 0.2) is 58.3 Å². The van der Waals surface area contributed by atoms with Gasteiger partial charge in [-0.15, -0.1) is 0 Å². The van der Waals surface area contributed by atoms with Gasteiger partial charge < -0.3 is 40.6 Å². The molecule has 2 rings (SSSR count). The van der Waals surface area contributed by atoms with Crippen molar-refractivity contribution in [1.82, 2.24) is 34.7 Å². The van der Waals surface area contributed by atoms with E-state index >= 15 is 0 Å². The number of unbranched alkanes of at least 4 members (excludes halogenated alkanes) is 32. The molecule has 7 amide bonds. The summed E-state index contributed by atoms with van der Waals surface area (Å²) in [5.41, 5.74) is 1.95. The minimum atomic E-state index is -4.27. The van der Waals surface area contributed by atoms with Crippen LogP contribution in [0.1, 0.15) is 357 Å². The van der Waals surface area contributed by atoms with Crippen molar-refractivity contribution in [3.8, 4) is 0 Å². The number of hydrogen-bond acceptors (Lipinski definition) is 24. The van der Waals surface area contributed by atoms with Gasteiger partial charge in [0, 0.05) is 97.9 Å². The van der Waals surface area contributed by atoms with Crippen molar-refractivity contribution in [2.45, 2.75) is 368 Å². The summed E-state index contributed by atoms with van der Waals surface area (Å²) in [5.74, 6) is -1.49. The van der Waals surface area contributed by atoms with E-state index < -0.39 is 32.2 Å². The number of amides is 7. The molecule has 1 N–H and O–H groups in total. The summed E-state index contributed by atoms with van der Waals surface area (Å²) in [5, 5.41) is 15.1. The van der Waals surface area contributed by atoms with Crippen molar-refractivity contribution in [2.24, 2.45) is 0 Å². The number of benzene rings is 2. The smallest absolute Gasteiger partial charge is 1.00 e. The number of imide groups is 3. The van der Waals surface area contributed by atoms with Crippen molar-refractivity contribution in [3.63, 3.8) is 0 Å². The van der Waals surface area contributed by atoms with E-state index in [0.29, 0.717) is 45.3 Å². The van der Waals surface area contributed by atoms with Crippen LogP contribution in [0.3, 0.4) is 0 Å². The van der Waals surface area contributed by atoms with Gasteiger partial charge in [0.25, 0.3) is 16.6 Å². The number of quaternary nitrogens is 1. The van der Waals surface area contributed by atoms with Crippen molar-refractivity contribution in [1.29, 1.82) is 0 Å². The van der Waals surface area contributed by atoms with Gasteiger partial charge in [0.05, 0.1) is 44.6 Å². The average molecular weight is 1880 g/mol. The molecule has 0 aliphatic heterocycles. The molecule has 128 heavy (non-hydrogen) atoms. The third kappa shape index (κ3) is 102. The third-order valence-electron chi connectivity index (χ3n) is 19.5. The molecule has 0 aliphatic rings. The molecule has 738 valence electrons. The standard InChI is InChI=1S/C20H41N2O2.2C19H38N2O2.C17H36N2O.C8H10O3S.C7H8O3S.C4H6O5.CH2O3.2Na.H/c1-6-7-8-9-10-11-12-13-14-16-20(24)21(19(2)23)17-15-18-22(3,4)5;2*1-5-6-7-8-9-10-11-12-13-15-19(23)21(18(2)22)17-14-16-20(3)4;1-4-5-6-7-8-9-10-11-12-14-17(20)18-15-13-16-19(2)3;1-7-3-5-8(6-4-7)12(9,10)11-2;1-6-2-4-7(5-3-6)11(8,9)10;1-3(5)7-9-8-4(2)6;2-1-4-3;;;/h6-18H2,1-5H3;2*5-17H2,1-4H3;4-16H2,1-3H3,(H,18,20);3-6H,1-2H3;2-5H,1H3,(H,8,9,10);1-2H3;1,3H;;;/q+1;;;;;;;;2*+1;-1/p-2. The van der Waals surface area contributed by atoms with Crippen LogP contribution in [0.2, 0.25) is 0 Å². The summed E-state index contributed by atoms with van der Waals surface area (Å²) in [6.45, 7) is 25.5. The number of carbonyl (C=O) groups is 10. The summed E-state index contributed by atoms with van der Waals surface area (Å²) in [4.78, 5) is 132. The second kappa shape index (κ2) is 95.5. The topological polar surface area (TPSA) is 363 Å². The fourth-order valence-corrected chi connectivity index (χ4v) is 13.4. The Bertz CT molecular complexity index is 3200. The van der Waals surface area contributed by atoms with Gasteiger partial charge in [-0.2, -0.15) is 8.42 Å². The number of nitrogens with zero attached hydrogens (tertiary/aromatic N) is 7. The van der Waals surface area contributed by atoms with Crippen LogP contribution in [0.25, 0.3) is 0 Å². The Hall–Kier alpha value is -4.68. The first kappa shape index (κ1) is 139. The van der Waals surface area contributed by atoms with Crippen LogP contribution in [0.5, 0.6) is 0 Å². The Morgan fingerprint density at radius 2 is 0.641 bits per heavy atom. The van der Waals surface area contributed by atoms with E-state index in [0.717, 1.165) is 140 Å². The van der Waals surface area contributed by atoms with Crippen LogP contribution in [0.4, 0.5) is 0 Å². The predicted molar refractivity (Wildman–Crippen MR) is 502 cm³/mol. The molecule has 33 heteroatoms. The number of aryl methyl sites for hydroxylation is 2. The zero-order valence-corrected chi connectivity index (χ0v) is 90.1. The molecule has 0 aromatic heterocycles. The first-order chi connectivity index (χ1) is 59.5. The summed E-state index contributed by atoms with van der Waals surface area (Å²) in [6, 6.07) is 12.3. The van der Waals surface area contributed by atoms with E-state index in [1.165, 1.54) is 246 Å². The Morgan fingerprint density at radius 1 is 0.391 bits per heavy atom. The minimum absolute atomic E-state index is 0. The predicted octanol–water partition coefficient (Wildman–Crippen LogP) is 11.6. The minimum Gasteiger partial charge on any atom is -1.00 e. The van der Waals surface area contributed by atoms with Crippen LogP contribution in [-0.4, -0.2) is 238 Å². The number of nitrogens with one attached hydrogen (secondary N) is 1. The second-order valence-corrected chi connectivity index (χ2v) is 36.9. The van der Waals surface area contributed by atoms with Crippen LogP contribution in [-0.2, 0) is 92.1 Å². The fraction of sp³-hybridized carbons (Fsp3) is 0.768. The number of rotatable bonds is 62. The van der Waals surface area contributed by atoms with Gasteiger partial charge in [-0.05, 0) is 145 Å². The van der Waals surface area contributed by atoms with E-state index in [9.17, 15) is 64.5 Å². The molecule has 0 saturated heterocycles. The van der Waals surface area contributed by atoms with Gasteiger partial charge in [0.15, 0.2) is 0 Å². The molecule has 0 heterocycles. The summed E-state index contributed by atoms with van der Waals surface area (Å²) in [7, 11) is 11.9. The van der Waals surface area contributed by atoms with E-state index in [1.807, 2.05) is 42.0 Å². The van der Waals surface area contributed by atoms with Crippen LogP contribution >= 0.6 is 0 Å². The zero-order chi connectivity index (χ0) is 96.8. The quantitative estimate of drug-likeness (QED) is 0.00939. The largest absolute Gasteiger partial charge is 1.00 e. The summed E-state index contributed by atoms with van der Waals surface area (Å²) >= 11 is 0. The van der Waals surface area contributed by atoms with Crippen LogP contribution < -0.4 is 69.7 Å². The maximum atomic E-state index is 12.2. The van der Waals surface area contributed by atoms with Gasteiger partial charge in [0.1, 0.15) is 10.1 Å². The Morgan fingerprint density at radius 3 is 0.875 bits per heavy atom. The van der Waals surface area contributed by atoms with Crippen molar-refractivity contribution < 1.29 is 163 Å². The molecular weight excluding hydrogens is 1700 g/mol. The number of carbonyl (C=O) groups excluding carboxylic acids is 10. The first-order valence-electron chi connectivity index (χ1n) is 46.6. The Labute approximate surface area is 822 Å². The van der Waals surface area contributed by atoms with Gasteiger partial charge in [0.2, 0.25) is 41.4 Å². The first-order valence-corrected chi connectivity index (χ1v) is 49.4. The maximum Gasteiger partial charge on any atom is 1.00 e. The van der Waals surface area contributed by atoms with Crippen molar-refractivity contribution >= 4 is 80.0 Å². The van der Waals surface area contributed by atoms with E-state index in [2.05, 4.69) is 107 Å².